The smallest absolute Gasteiger partial charge is 0.340 e. The molecule has 20 heavy (non-hydrogen) atoms. The Morgan fingerprint density at radius 1 is 1.55 bits per heavy atom. The number of nitrogens with zero attached hydrogens (tertiary/aromatic N) is 1. The molecule has 0 N–H and O–H groups in total. The van der Waals surface area contributed by atoms with Gasteiger partial charge in [-0.3, -0.25) is 4.79 Å². The average Bonchev–Trinajstić information content (AvgIpc) is 2.80. The molecule has 6 heteroatoms. The summed E-state index contributed by atoms with van der Waals surface area (Å²) in [5.74, 6) is 0.500. The molecule has 4 nitrogen and oxygen atoms in total. The highest BCUT2D eigenvalue weighted by atomic mass is 79.9. The summed E-state index contributed by atoms with van der Waals surface area (Å²) in [5, 5.41) is 0. The fourth-order valence-corrected chi connectivity index (χ4v) is 2.86. The largest absolute Gasteiger partial charge is 0.462 e. The Morgan fingerprint density at radius 3 is 2.90 bits per heavy atom. The van der Waals surface area contributed by atoms with E-state index >= 15 is 0 Å². The van der Waals surface area contributed by atoms with E-state index in [9.17, 15) is 9.59 Å². The average molecular weight is 358 g/mol. The summed E-state index contributed by atoms with van der Waals surface area (Å²) < 4.78 is 5.84. The van der Waals surface area contributed by atoms with Gasteiger partial charge in [-0.2, -0.15) is 12.6 Å². The Hall–Kier alpha value is -1.01. The van der Waals surface area contributed by atoms with Gasteiger partial charge in [0.2, 0.25) is 5.91 Å². The third-order valence-corrected chi connectivity index (χ3v) is 4.22. The second-order valence-electron chi connectivity index (χ2n) is 4.64. The Morgan fingerprint density at radius 2 is 2.30 bits per heavy atom. The van der Waals surface area contributed by atoms with Crippen LogP contribution in [0.25, 0.3) is 0 Å². The molecule has 1 heterocycles. The van der Waals surface area contributed by atoms with E-state index in [1.54, 1.807) is 24.0 Å². The van der Waals surface area contributed by atoms with Crippen molar-refractivity contribution in [1.29, 1.82) is 0 Å². The highest BCUT2D eigenvalue weighted by molar-refractivity contribution is 9.10. The first-order valence-electron chi connectivity index (χ1n) is 6.44. The number of rotatable bonds is 4. The molecule has 0 radical (unpaired) electrons. The lowest BCUT2D eigenvalue weighted by molar-refractivity contribution is -0.117. The fourth-order valence-electron chi connectivity index (χ4n) is 2.25. The number of ether oxygens (including phenoxy) is 1. The molecule has 1 aliphatic heterocycles. The summed E-state index contributed by atoms with van der Waals surface area (Å²) in [6.07, 6.45) is 0.474. The Balaban J connectivity index is 2.36. The number of carbonyl (C=O) groups is 2. The third-order valence-electron chi connectivity index (χ3n) is 3.21. The van der Waals surface area contributed by atoms with Crippen LogP contribution in [0.1, 0.15) is 23.7 Å². The molecule has 1 saturated heterocycles. The number of hydrogen-bond acceptors (Lipinski definition) is 4. The SMILES string of the molecule is CCOC(=O)c1cc(Br)ccc1N1CC(CS)CC1=O. The molecule has 1 aliphatic rings. The summed E-state index contributed by atoms with van der Waals surface area (Å²) in [4.78, 5) is 25.8. The van der Waals surface area contributed by atoms with Crippen molar-refractivity contribution in [1.82, 2.24) is 0 Å². The molecule has 1 aromatic carbocycles. The van der Waals surface area contributed by atoms with Crippen LogP contribution in [0.5, 0.6) is 0 Å². The molecule has 1 aromatic rings. The summed E-state index contributed by atoms with van der Waals surface area (Å²) in [6.45, 7) is 2.65. The number of benzene rings is 1. The highest BCUT2D eigenvalue weighted by Crippen LogP contribution is 2.31. The van der Waals surface area contributed by atoms with Crippen molar-refractivity contribution < 1.29 is 14.3 Å². The van der Waals surface area contributed by atoms with Crippen molar-refractivity contribution >= 4 is 46.1 Å². The zero-order chi connectivity index (χ0) is 14.7. The quantitative estimate of drug-likeness (QED) is 0.665. The lowest BCUT2D eigenvalue weighted by Gasteiger charge is -2.20. The number of esters is 1. The molecule has 1 atom stereocenters. The second kappa shape index (κ2) is 6.63. The molecule has 0 spiro atoms. The molecule has 0 saturated carbocycles. The first-order valence-corrected chi connectivity index (χ1v) is 7.87. The van der Waals surface area contributed by atoms with E-state index in [0.29, 0.717) is 36.6 Å². The number of anilines is 1. The third kappa shape index (κ3) is 3.17. The molecule has 1 amide bonds. The van der Waals surface area contributed by atoms with Crippen molar-refractivity contribution in [2.75, 3.05) is 23.8 Å². The molecule has 2 rings (SSSR count). The maximum absolute atomic E-state index is 12.1. The standard InChI is InChI=1S/C14H16BrNO3S/c1-2-19-14(18)11-6-10(15)3-4-12(11)16-7-9(8-20)5-13(16)17/h3-4,6,9,20H,2,5,7-8H2,1H3. The molecule has 1 unspecified atom stereocenters. The second-order valence-corrected chi connectivity index (χ2v) is 5.92. The first-order chi connectivity index (χ1) is 9.56. The molecule has 0 bridgehead atoms. The van der Waals surface area contributed by atoms with Crippen LogP contribution in [0.4, 0.5) is 5.69 Å². The van der Waals surface area contributed by atoms with E-state index in [1.165, 1.54) is 0 Å². The predicted octanol–water partition coefficient (Wildman–Crippen LogP) is 2.91. The van der Waals surface area contributed by atoms with Crippen LogP contribution in [0.15, 0.2) is 22.7 Å². The van der Waals surface area contributed by atoms with Crippen LogP contribution in [0.3, 0.4) is 0 Å². The van der Waals surface area contributed by atoms with E-state index < -0.39 is 5.97 Å². The van der Waals surface area contributed by atoms with Crippen LogP contribution < -0.4 is 4.90 Å². The van der Waals surface area contributed by atoms with Crippen LogP contribution in [0, 0.1) is 5.92 Å². The van der Waals surface area contributed by atoms with E-state index in [1.807, 2.05) is 6.07 Å². The van der Waals surface area contributed by atoms with Gasteiger partial charge in [-0.1, -0.05) is 15.9 Å². The van der Waals surface area contributed by atoms with Crippen molar-refractivity contribution in [3.8, 4) is 0 Å². The summed E-state index contributed by atoms with van der Waals surface area (Å²) >= 11 is 7.59. The number of hydrogen-bond donors (Lipinski definition) is 1. The topological polar surface area (TPSA) is 46.6 Å². The normalized spacial score (nSPS) is 18.4. The van der Waals surface area contributed by atoms with E-state index in [4.69, 9.17) is 4.74 Å². The highest BCUT2D eigenvalue weighted by Gasteiger charge is 2.32. The van der Waals surface area contributed by atoms with Gasteiger partial charge in [0.15, 0.2) is 0 Å². The van der Waals surface area contributed by atoms with Gasteiger partial charge in [0.25, 0.3) is 0 Å². The van der Waals surface area contributed by atoms with Gasteiger partial charge in [-0.05, 0) is 36.8 Å². The summed E-state index contributed by atoms with van der Waals surface area (Å²) in [5.41, 5.74) is 1.02. The summed E-state index contributed by atoms with van der Waals surface area (Å²) in [6, 6.07) is 5.28. The molecule has 108 valence electrons. The number of carbonyl (C=O) groups excluding carboxylic acids is 2. The maximum atomic E-state index is 12.1. The molecular formula is C14H16BrNO3S. The Labute approximate surface area is 132 Å². The van der Waals surface area contributed by atoms with Crippen LogP contribution in [-0.4, -0.2) is 30.8 Å². The van der Waals surface area contributed by atoms with Crippen molar-refractivity contribution in [2.45, 2.75) is 13.3 Å². The van der Waals surface area contributed by atoms with Gasteiger partial charge in [0.05, 0.1) is 17.9 Å². The van der Waals surface area contributed by atoms with Crippen molar-refractivity contribution in [3.05, 3.63) is 28.2 Å². The number of thiol groups is 1. The summed E-state index contributed by atoms with van der Waals surface area (Å²) in [7, 11) is 0. The molecule has 0 aliphatic carbocycles. The van der Waals surface area contributed by atoms with Crippen molar-refractivity contribution in [2.24, 2.45) is 5.92 Å². The Bertz CT molecular complexity index is 535. The fraction of sp³-hybridized carbons (Fsp3) is 0.429. The molecule has 0 aromatic heterocycles. The van der Waals surface area contributed by atoms with Gasteiger partial charge in [0.1, 0.15) is 0 Å². The van der Waals surface area contributed by atoms with Crippen LogP contribution in [-0.2, 0) is 9.53 Å². The van der Waals surface area contributed by atoms with Gasteiger partial charge in [-0.15, -0.1) is 0 Å². The minimum atomic E-state index is -0.411. The Kier molecular flexibility index (Phi) is 5.10. The number of amides is 1. The van der Waals surface area contributed by atoms with E-state index in [2.05, 4.69) is 28.6 Å². The van der Waals surface area contributed by atoms with Gasteiger partial charge < -0.3 is 9.64 Å². The minimum Gasteiger partial charge on any atom is -0.462 e. The number of halogens is 1. The zero-order valence-electron chi connectivity index (χ0n) is 11.1. The lowest BCUT2D eigenvalue weighted by Crippen LogP contribution is -2.27. The first kappa shape index (κ1) is 15.4. The molecular weight excluding hydrogens is 342 g/mol. The van der Waals surface area contributed by atoms with Gasteiger partial charge in [0, 0.05) is 17.4 Å². The van der Waals surface area contributed by atoms with Crippen LogP contribution >= 0.6 is 28.6 Å². The van der Waals surface area contributed by atoms with E-state index in [0.717, 1.165) is 4.47 Å². The van der Waals surface area contributed by atoms with Gasteiger partial charge >= 0.3 is 5.97 Å². The lowest BCUT2D eigenvalue weighted by atomic mass is 10.1. The zero-order valence-corrected chi connectivity index (χ0v) is 13.6. The van der Waals surface area contributed by atoms with Gasteiger partial charge in [-0.25, -0.2) is 4.79 Å². The minimum absolute atomic E-state index is 0.0249. The predicted molar refractivity (Wildman–Crippen MR) is 84.4 cm³/mol. The van der Waals surface area contributed by atoms with Crippen molar-refractivity contribution in [3.63, 3.8) is 0 Å². The van der Waals surface area contributed by atoms with Crippen LogP contribution in [0.2, 0.25) is 0 Å². The van der Waals surface area contributed by atoms with E-state index in [-0.39, 0.29) is 11.8 Å². The molecule has 1 fully saturated rings. The monoisotopic (exact) mass is 357 g/mol. The maximum Gasteiger partial charge on any atom is 0.340 e.